The lowest BCUT2D eigenvalue weighted by Crippen LogP contribution is -2.44. The summed E-state index contributed by atoms with van der Waals surface area (Å²) in [6, 6.07) is 19.3. The highest BCUT2D eigenvalue weighted by Gasteiger charge is 2.35. The SMILES string of the molecule is COc1ccc2c(c1)[C@@H](NC(=O)[C@@H](C)Oc1cccc3ccccc13)CC(C)(C)O2. The van der Waals surface area contributed by atoms with E-state index in [2.05, 4.69) is 5.32 Å². The van der Waals surface area contributed by atoms with Gasteiger partial charge in [0, 0.05) is 17.4 Å². The number of ether oxygens (including phenoxy) is 3. The minimum atomic E-state index is -0.643. The van der Waals surface area contributed by atoms with Gasteiger partial charge in [0.15, 0.2) is 6.10 Å². The van der Waals surface area contributed by atoms with Gasteiger partial charge in [0.25, 0.3) is 5.91 Å². The Morgan fingerprint density at radius 2 is 1.90 bits per heavy atom. The topological polar surface area (TPSA) is 56.8 Å². The van der Waals surface area contributed by atoms with Gasteiger partial charge in [-0.05, 0) is 50.4 Å². The smallest absolute Gasteiger partial charge is 0.261 e. The Kier molecular flexibility index (Phi) is 5.29. The van der Waals surface area contributed by atoms with Crippen LogP contribution in [0.2, 0.25) is 0 Å². The lowest BCUT2D eigenvalue weighted by Gasteiger charge is -2.38. The Morgan fingerprint density at radius 3 is 2.70 bits per heavy atom. The van der Waals surface area contributed by atoms with Gasteiger partial charge in [0.2, 0.25) is 0 Å². The zero-order valence-electron chi connectivity index (χ0n) is 17.8. The number of methoxy groups -OCH3 is 1. The molecule has 1 N–H and O–H groups in total. The summed E-state index contributed by atoms with van der Waals surface area (Å²) in [6.45, 7) is 5.82. The van der Waals surface area contributed by atoms with Gasteiger partial charge in [-0.15, -0.1) is 0 Å². The molecule has 1 aliphatic heterocycles. The van der Waals surface area contributed by atoms with Crippen molar-refractivity contribution in [1.29, 1.82) is 0 Å². The second kappa shape index (κ2) is 7.90. The first kappa shape index (κ1) is 20.1. The van der Waals surface area contributed by atoms with Crippen LogP contribution in [0.4, 0.5) is 0 Å². The van der Waals surface area contributed by atoms with Crippen LogP contribution in [-0.2, 0) is 4.79 Å². The molecule has 3 aromatic carbocycles. The van der Waals surface area contributed by atoms with E-state index in [-0.39, 0.29) is 17.6 Å². The van der Waals surface area contributed by atoms with Gasteiger partial charge in [-0.1, -0.05) is 36.4 Å². The zero-order valence-corrected chi connectivity index (χ0v) is 17.8. The fourth-order valence-corrected chi connectivity index (χ4v) is 3.92. The number of fused-ring (bicyclic) bond motifs is 2. The standard InChI is InChI=1S/C25H27NO4/c1-16(29-22-11-7-9-17-8-5-6-10-19(17)22)24(27)26-21-15-25(2,3)30-23-13-12-18(28-4)14-20(21)23/h5-14,16,21H,15H2,1-4H3,(H,26,27)/t16-,21+/m1/s1. The third-order valence-corrected chi connectivity index (χ3v) is 5.41. The Bertz CT molecular complexity index is 1070. The molecule has 30 heavy (non-hydrogen) atoms. The van der Waals surface area contributed by atoms with E-state index >= 15 is 0 Å². The molecule has 2 atom stereocenters. The molecule has 1 heterocycles. The molecule has 1 amide bonds. The molecule has 3 aromatic rings. The Morgan fingerprint density at radius 1 is 1.13 bits per heavy atom. The van der Waals surface area contributed by atoms with Crippen molar-refractivity contribution in [2.75, 3.05) is 7.11 Å². The van der Waals surface area contributed by atoms with Crippen molar-refractivity contribution in [2.45, 2.75) is 44.9 Å². The molecule has 0 aromatic heterocycles. The first-order valence-corrected chi connectivity index (χ1v) is 10.2. The summed E-state index contributed by atoms with van der Waals surface area (Å²) in [5.41, 5.74) is 0.526. The minimum absolute atomic E-state index is 0.167. The molecule has 0 radical (unpaired) electrons. The summed E-state index contributed by atoms with van der Waals surface area (Å²) in [6.07, 6.45) is 0.00992. The quantitative estimate of drug-likeness (QED) is 0.647. The van der Waals surface area contributed by atoms with Crippen molar-refractivity contribution in [2.24, 2.45) is 0 Å². The number of nitrogens with one attached hydrogen (secondary N) is 1. The fourth-order valence-electron chi connectivity index (χ4n) is 3.92. The maximum atomic E-state index is 13.0. The van der Waals surface area contributed by atoms with Gasteiger partial charge in [0.05, 0.1) is 13.2 Å². The number of amides is 1. The van der Waals surface area contributed by atoms with Gasteiger partial charge in [-0.2, -0.15) is 0 Å². The highest BCUT2D eigenvalue weighted by molar-refractivity contribution is 5.89. The molecule has 0 saturated heterocycles. The first-order valence-electron chi connectivity index (χ1n) is 10.2. The van der Waals surface area contributed by atoms with Gasteiger partial charge in [0.1, 0.15) is 22.8 Å². The molecule has 1 aliphatic rings. The van der Waals surface area contributed by atoms with Crippen LogP contribution in [-0.4, -0.2) is 24.7 Å². The molecule has 5 nitrogen and oxygen atoms in total. The molecule has 0 unspecified atom stereocenters. The van der Waals surface area contributed by atoms with Crippen molar-refractivity contribution in [3.05, 3.63) is 66.2 Å². The third kappa shape index (κ3) is 4.06. The second-order valence-electron chi connectivity index (χ2n) is 8.27. The molecule has 5 heteroatoms. The number of benzene rings is 3. The van der Waals surface area contributed by atoms with Crippen LogP contribution in [0.3, 0.4) is 0 Å². The third-order valence-electron chi connectivity index (χ3n) is 5.41. The summed E-state index contributed by atoms with van der Waals surface area (Å²) < 4.78 is 17.5. The van der Waals surface area contributed by atoms with Crippen LogP contribution in [0.1, 0.15) is 38.8 Å². The molecule has 0 fully saturated rings. The molecule has 0 saturated carbocycles. The average Bonchev–Trinajstić information content (AvgIpc) is 2.73. The van der Waals surface area contributed by atoms with Crippen molar-refractivity contribution in [3.63, 3.8) is 0 Å². The van der Waals surface area contributed by atoms with E-state index in [4.69, 9.17) is 14.2 Å². The maximum Gasteiger partial charge on any atom is 0.261 e. The largest absolute Gasteiger partial charge is 0.497 e. The number of hydrogen-bond donors (Lipinski definition) is 1. The van der Waals surface area contributed by atoms with E-state index in [1.165, 1.54) is 0 Å². The molecular weight excluding hydrogens is 378 g/mol. The Labute approximate surface area is 177 Å². The average molecular weight is 405 g/mol. The molecule has 156 valence electrons. The van der Waals surface area contributed by atoms with E-state index in [0.29, 0.717) is 12.2 Å². The van der Waals surface area contributed by atoms with Crippen LogP contribution in [0.25, 0.3) is 10.8 Å². The zero-order chi connectivity index (χ0) is 21.3. The van der Waals surface area contributed by atoms with Gasteiger partial charge in [-0.25, -0.2) is 0 Å². The molecule has 0 aliphatic carbocycles. The predicted octanol–water partition coefficient (Wildman–Crippen LogP) is 5.03. The van der Waals surface area contributed by atoms with E-state index in [0.717, 1.165) is 27.8 Å². The summed E-state index contributed by atoms with van der Waals surface area (Å²) in [4.78, 5) is 13.0. The minimum Gasteiger partial charge on any atom is -0.497 e. The van der Waals surface area contributed by atoms with Gasteiger partial charge in [-0.3, -0.25) is 4.79 Å². The monoisotopic (exact) mass is 405 g/mol. The first-order chi connectivity index (χ1) is 14.4. The van der Waals surface area contributed by atoms with Crippen molar-refractivity contribution >= 4 is 16.7 Å². The normalized spacial score (nSPS) is 18.1. The molecule has 0 bridgehead atoms. The van der Waals surface area contributed by atoms with E-state index in [9.17, 15) is 4.79 Å². The molecule has 4 rings (SSSR count). The van der Waals surface area contributed by atoms with Gasteiger partial charge < -0.3 is 19.5 Å². The highest BCUT2D eigenvalue weighted by Crippen LogP contribution is 2.41. The Hall–Kier alpha value is -3.21. The van der Waals surface area contributed by atoms with Crippen LogP contribution in [0.15, 0.2) is 60.7 Å². The molecule has 0 spiro atoms. The summed E-state index contributed by atoms with van der Waals surface area (Å²) in [5.74, 6) is 2.03. The van der Waals surface area contributed by atoms with Crippen molar-refractivity contribution in [1.82, 2.24) is 5.32 Å². The summed E-state index contributed by atoms with van der Waals surface area (Å²) in [5, 5.41) is 5.22. The van der Waals surface area contributed by atoms with Crippen LogP contribution in [0.5, 0.6) is 17.2 Å². The number of hydrogen-bond acceptors (Lipinski definition) is 4. The van der Waals surface area contributed by atoms with E-state index < -0.39 is 6.10 Å². The fraction of sp³-hybridized carbons (Fsp3) is 0.320. The summed E-state index contributed by atoms with van der Waals surface area (Å²) >= 11 is 0. The van der Waals surface area contributed by atoms with Crippen molar-refractivity contribution < 1.29 is 19.0 Å². The van der Waals surface area contributed by atoms with Crippen LogP contribution < -0.4 is 19.5 Å². The van der Waals surface area contributed by atoms with Gasteiger partial charge >= 0.3 is 0 Å². The van der Waals surface area contributed by atoms with Crippen molar-refractivity contribution in [3.8, 4) is 17.2 Å². The van der Waals surface area contributed by atoms with Crippen LogP contribution >= 0.6 is 0 Å². The highest BCUT2D eigenvalue weighted by atomic mass is 16.5. The lowest BCUT2D eigenvalue weighted by atomic mass is 9.89. The van der Waals surface area contributed by atoms with E-state index in [1.54, 1.807) is 14.0 Å². The number of carbonyl (C=O) groups excluding carboxylic acids is 1. The summed E-state index contributed by atoms with van der Waals surface area (Å²) in [7, 11) is 1.63. The maximum absolute atomic E-state index is 13.0. The second-order valence-corrected chi connectivity index (χ2v) is 8.27. The Balaban J connectivity index is 1.54. The number of rotatable bonds is 5. The predicted molar refractivity (Wildman–Crippen MR) is 117 cm³/mol. The molecular formula is C25H27NO4. The number of carbonyl (C=O) groups is 1. The van der Waals surface area contributed by atoms with E-state index in [1.807, 2.05) is 74.5 Å². The lowest BCUT2D eigenvalue weighted by molar-refractivity contribution is -0.128. The van der Waals surface area contributed by atoms with Crippen LogP contribution in [0, 0.1) is 0 Å².